The molecule has 0 saturated heterocycles. The molecule has 0 heterocycles. The number of ether oxygens (including phenoxy) is 2. The maximum absolute atomic E-state index is 12.0. The number of carbonyl (C=O) groups is 4. The highest BCUT2D eigenvalue weighted by Gasteiger charge is 2.22. The Morgan fingerprint density at radius 2 is 1.03 bits per heavy atom. The highest BCUT2D eigenvalue weighted by molar-refractivity contribution is 8.76. The fourth-order valence-electron chi connectivity index (χ4n) is 2.44. The van der Waals surface area contributed by atoms with Gasteiger partial charge in [-0.15, -0.1) is 0 Å². The van der Waals surface area contributed by atoms with Gasteiger partial charge < -0.3 is 31.6 Å². The van der Waals surface area contributed by atoms with Gasteiger partial charge in [-0.2, -0.15) is 0 Å². The molecule has 0 unspecified atom stereocenters. The van der Waals surface area contributed by atoms with Gasteiger partial charge in [0, 0.05) is 11.5 Å². The monoisotopic (exact) mass is 506 g/mol. The highest BCUT2D eigenvalue weighted by atomic mass is 33.1. The van der Waals surface area contributed by atoms with E-state index in [2.05, 4.69) is 10.6 Å². The van der Waals surface area contributed by atoms with E-state index >= 15 is 0 Å². The number of hydrogen-bond acceptors (Lipinski definition) is 8. The highest BCUT2D eigenvalue weighted by Crippen LogP contribution is 2.23. The van der Waals surface area contributed by atoms with E-state index in [1.165, 1.54) is 21.6 Å². The van der Waals surface area contributed by atoms with Crippen molar-refractivity contribution < 1.29 is 28.7 Å². The van der Waals surface area contributed by atoms with E-state index in [1.807, 2.05) is 36.4 Å². The van der Waals surface area contributed by atoms with Crippen molar-refractivity contribution in [2.24, 2.45) is 11.5 Å². The number of nitrogens with one attached hydrogen (secondary N) is 2. The predicted molar refractivity (Wildman–Crippen MR) is 130 cm³/mol. The summed E-state index contributed by atoms with van der Waals surface area (Å²) in [5.74, 6) is -1.24. The first-order valence-corrected chi connectivity index (χ1v) is 12.6. The molecule has 4 amide bonds. The second-order valence-electron chi connectivity index (χ2n) is 6.89. The Bertz CT molecular complexity index is 871. The lowest BCUT2D eigenvalue weighted by Gasteiger charge is -2.17. The lowest BCUT2D eigenvalue weighted by atomic mass is 10.2. The van der Waals surface area contributed by atoms with Crippen LogP contribution in [0.2, 0.25) is 0 Å². The number of benzene rings is 2. The van der Waals surface area contributed by atoms with Crippen molar-refractivity contribution in [1.29, 1.82) is 0 Å². The first-order valence-electron chi connectivity index (χ1n) is 10.1. The standard InChI is InChI=1S/C22H26N4O6S2/c23-19(27)17(25-21(29)31-11-15-7-3-1-4-8-15)13-33-34-14-18(20(24)28)26-22(30)32-12-16-9-5-2-6-10-16/h1-10,17-18H,11-14H2,(H2,23,27)(H2,24,28)(H,25,29)(H,26,30)/t17-,18-/m0/s1. The molecule has 34 heavy (non-hydrogen) atoms. The van der Waals surface area contributed by atoms with Crippen LogP contribution in [0.25, 0.3) is 0 Å². The number of nitrogens with two attached hydrogens (primary N) is 2. The fourth-order valence-corrected chi connectivity index (χ4v) is 4.79. The summed E-state index contributed by atoms with van der Waals surface area (Å²) >= 11 is 0. The third kappa shape index (κ3) is 10.5. The molecular weight excluding hydrogens is 480 g/mol. The van der Waals surface area contributed by atoms with Gasteiger partial charge in [0.05, 0.1) is 0 Å². The second kappa shape index (κ2) is 14.7. The Kier molecular flexibility index (Phi) is 11.6. The third-order valence-electron chi connectivity index (χ3n) is 4.25. The molecule has 2 rings (SSSR count). The summed E-state index contributed by atoms with van der Waals surface area (Å²) in [6.07, 6.45) is -1.56. The second-order valence-corrected chi connectivity index (χ2v) is 9.44. The lowest BCUT2D eigenvalue weighted by molar-refractivity contribution is -0.120. The Hall–Kier alpha value is -3.38. The van der Waals surface area contributed by atoms with E-state index in [-0.39, 0.29) is 24.7 Å². The van der Waals surface area contributed by atoms with Crippen LogP contribution in [-0.2, 0) is 32.3 Å². The van der Waals surface area contributed by atoms with Gasteiger partial charge in [-0.3, -0.25) is 9.59 Å². The van der Waals surface area contributed by atoms with Crippen LogP contribution in [-0.4, -0.2) is 47.6 Å². The topological polar surface area (TPSA) is 163 Å². The summed E-state index contributed by atoms with van der Waals surface area (Å²) in [4.78, 5) is 47.3. The van der Waals surface area contributed by atoms with Crippen LogP contribution in [0.15, 0.2) is 60.7 Å². The van der Waals surface area contributed by atoms with Crippen LogP contribution in [0.4, 0.5) is 9.59 Å². The van der Waals surface area contributed by atoms with E-state index in [4.69, 9.17) is 20.9 Å². The van der Waals surface area contributed by atoms with Crippen LogP contribution in [0, 0.1) is 0 Å². The molecule has 0 aliphatic rings. The van der Waals surface area contributed by atoms with Crippen LogP contribution in [0.5, 0.6) is 0 Å². The van der Waals surface area contributed by atoms with E-state index in [9.17, 15) is 19.2 Å². The maximum atomic E-state index is 12.0. The molecule has 0 saturated carbocycles. The zero-order chi connectivity index (χ0) is 24.8. The van der Waals surface area contributed by atoms with Gasteiger partial charge >= 0.3 is 12.2 Å². The zero-order valence-electron chi connectivity index (χ0n) is 18.2. The molecule has 0 fully saturated rings. The van der Waals surface area contributed by atoms with Gasteiger partial charge in [0.2, 0.25) is 11.8 Å². The van der Waals surface area contributed by atoms with Crippen LogP contribution >= 0.6 is 21.6 Å². The largest absolute Gasteiger partial charge is 0.445 e. The third-order valence-corrected chi connectivity index (χ3v) is 6.67. The van der Waals surface area contributed by atoms with E-state index in [0.717, 1.165) is 11.1 Å². The lowest BCUT2D eigenvalue weighted by Crippen LogP contribution is -2.47. The van der Waals surface area contributed by atoms with Crippen molar-refractivity contribution in [3.63, 3.8) is 0 Å². The number of alkyl carbamates (subject to hydrolysis) is 2. The van der Waals surface area contributed by atoms with Gasteiger partial charge in [0.15, 0.2) is 0 Å². The van der Waals surface area contributed by atoms with Crippen LogP contribution in [0.1, 0.15) is 11.1 Å². The van der Waals surface area contributed by atoms with Gasteiger partial charge in [0.25, 0.3) is 0 Å². The summed E-state index contributed by atoms with van der Waals surface area (Å²) < 4.78 is 10.2. The molecule has 2 aromatic rings. The average molecular weight is 507 g/mol. The van der Waals surface area contributed by atoms with E-state index in [0.29, 0.717) is 0 Å². The van der Waals surface area contributed by atoms with Crippen molar-refractivity contribution in [3.8, 4) is 0 Å². The molecule has 12 heteroatoms. The van der Waals surface area contributed by atoms with Crippen molar-refractivity contribution in [3.05, 3.63) is 71.8 Å². The number of primary amides is 2. The summed E-state index contributed by atoms with van der Waals surface area (Å²) in [6.45, 7) is 0.0960. The summed E-state index contributed by atoms with van der Waals surface area (Å²) in [5.41, 5.74) is 12.3. The molecule has 0 aliphatic carbocycles. The number of rotatable bonds is 13. The van der Waals surface area contributed by atoms with Crippen molar-refractivity contribution >= 4 is 45.6 Å². The Balaban J connectivity index is 1.71. The van der Waals surface area contributed by atoms with Crippen molar-refractivity contribution in [1.82, 2.24) is 10.6 Å². The molecular formula is C22H26N4O6S2. The molecule has 6 N–H and O–H groups in total. The Morgan fingerprint density at radius 3 is 1.35 bits per heavy atom. The Labute approximate surface area is 204 Å². The number of carbonyl (C=O) groups excluding carboxylic acids is 4. The van der Waals surface area contributed by atoms with Gasteiger partial charge in [-0.05, 0) is 11.1 Å². The normalized spacial score (nSPS) is 12.1. The molecule has 0 radical (unpaired) electrons. The maximum Gasteiger partial charge on any atom is 0.408 e. The molecule has 0 bridgehead atoms. The van der Waals surface area contributed by atoms with E-state index in [1.54, 1.807) is 24.3 Å². The van der Waals surface area contributed by atoms with Crippen molar-refractivity contribution in [2.45, 2.75) is 25.3 Å². The summed E-state index contributed by atoms with van der Waals surface area (Å²) in [7, 11) is 2.35. The zero-order valence-corrected chi connectivity index (χ0v) is 19.8. The van der Waals surface area contributed by atoms with Crippen molar-refractivity contribution in [2.75, 3.05) is 11.5 Å². The van der Waals surface area contributed by atoms with Gasteiger partial charge in [-0.25, -0.2) is 9.59 Å². The summed E-state index contributed by atoms with van der Waals surface area (Å²) in [5, 5.41) is 4.82. The van der Waals surface area contributed by atoms with Gasteiger partial charge in [0.1, 0.15) is 25.3 Å². The average Bonchev–Trinajstić information content (AvgIpc) is 2.83. The number of amides is 4. The molecule has 2 atom stereocenters. The van der Waals surface area contributed by atoms with Crippen LogP contribution in [0.3, 0.4) is 0 Å². The molecule has 2 aromatic carbocycles. The fraction of sp³-hybridized carbons (Fsp3) is 0.273. The quantitative estimate of drug-likeness (QED) is 0.236. The summed E-state index contributed by atoms with van der Waals surface area (Å²) in [6, 6.07) is 16.1. The molecule has 0 aromatic heterocycles. The predicted octanol–water partition coefficient (Wildman–Crippen LogP) is 1.93. The minimum absolute atomic E-state index is 0.0480. The Morgan fingerprint density at radius 1 is 0.676 bits per heavy atom. The smallest absolute Gasteiger partial charge is 0.408 e. The van der Waals surface area contributed by atoms with Crippen LogP contribution < -0.4 is 22.1 Å². The molecule has 0 aliphatic heterocycles. The van der Waals surface area contributed by atoms with E-state index < -0.39 is 36.1 Å². The molecule has 10 nitrogen and oxygen atoms in total. The first-order chi connectivity index (χ1) is 16.3. The minimum atomic E-state index is -0.989. The minimum Gasteiger partial charge on any atom is -0.445 e. The number of hydrogen-bond donors (Lipinski definition) is 4. The molecule has 0 spiro atoms. The van der Waals surface area contributed by atoms with Gasteiger partial charge in [-0.1, -0.05) is 82.3 Å². The first kappa shape index (κ1) is 26.9. The molecule has 182 valence electrons. The SMILES string of the molecule is NC(=O)[C@H](CSSC[C@H](NC(=O)OCc1ccccc1)C(N)=O)NC(=O)OCc1ccccc1.